The van der Waals surface area contributed by atoms with E-state index in [-0.39, 0.29) is 19.3 Å². The lowest BCUT2D eigenvalue weighted by Crippen LogP contribution is -2.30. The first-order valence-corrected chi connectivity index (χ1v) is 30.6. The zero-order chi connectivity index (χ0) is 55.5. The predicted molar refractivity (Wildman–Crippen MR) is 316 cm³/mol. The number of ether oxygens (including phenoxy) is 3. The van der Waals surface area contributed by atoms with E-state index in [1.54, 1.807) is 0 Å². The maximum atomic E-state index is 12.9. The lowest BCUT2D eigenvalue weighted by atomic mass is 10.0. The molecule has 0 aliphatic heterocycles. The summed E-state index contributed by atoms with van der Waals surface area (Å²) in [4.78, 5) is 48.5. The van der Waals surface area contributed by atoms with Gasteiger partial charge in [0.2, 0.25) is 0 Å². The molecule has 3 atom stereocenters. The monoisotopic (exact) mass is 1080 g/mol. The van der Waals surface area contributed by atoms with Crippen LogP contribution in [0.5, 0.6) is 0 Å². The molecule has 0 spiro atoms. The Balaban J connectivity index is 4.94. The quantitative estimate of drug-likeness (QED) is 0.0197. The molecule has 0 heterocycles. The van der Waals surface area contributed by atoms with Crippen molar-refractivity contribution in [2.75, 3.05) is 26.4 Å². The van der Waals surface area contributed by atoms with Gasteiger partial charge in [-0.2, -0.15) is 0 Å². The Bertz CT molecular complexity index is 1780. The van der Waals surface area contributed by atoms with E-state index in [0.29, 0.717) is 32.1 Å². The van der Waals surface area contributed by atoms with Crippen LogP contribution in [0, 0.1) is 0 Å². The second-order valence-electron chi connectivity index (χ2n) is 18.7. The van der Waals surface area contributed by atoms with Crippen LogP contribution in [0.4, 0.5) is 0 Å². The SMILES string of the molecule is CC/C=C\C/C=C\C/C=C\C/C=C\C/C=C\C/C=C\CCC(=O)OC(COC(=O)CCC/C=C\C/C=C\C/C=C\C/C=C\C/C=C\CC)COP(=O)(O)OCC(CO)OC(=O)CCCCCCCCCCCCCCC. The van der Waals surface area contributed by atoms with E-state index in [1.807, 2.05) is 24.3 Å². The molecule has 0 rings (SSSR count). The van der Waals surface area contributed by atoms with Gasteiger partial charge in [0.05, 0.1) is 19.8 Å². The topological polar surface area (TPSA) is 155 Å². The number of esters is 3. The van der Waals surface area contributed by atoms with Gasteiger partial charge >= 0.3 is 25.7 Å². The van der Waals surface area contributed by atoms with Crippen molar-refractivity contribution in [3.05, 3.63) is 134 Å². The molecule has 11 nitrogen and oxygen atoms in total. The van der Waals surface area contributed by atoms with Crippen LogP contribution in [-0.4, -0.2) is 66.5 Å². The lowest BCUT2D eigenvalue weighted by molar-refractivity contribution is -0.161. The highest BCUT2D eigenvalue weighted by Crippen LogP contribution is 2.43. The van der Waals surface area contributed by atoms with E-state index in [9.17, 15) is 28.9 Å². The van der Waals surface area contributed by atoms with E-state index in [4.69, 9.17) is 23.3 Å². The average molecular weight is 1080 g/mol. The van der Waals surface area contributed by atoms with Crippen LogP contribution in [0.2, 0.25) is 0 Å². The van der Waals surface area contributed by atoms with Crippen LogP contribution < -0.4 is 0 Å². The zero-order valence-corrected chi connectivity index (χ0v) is 48.3. The number of phosphoric ester groups is 1. The number of hydrogen-bond donors (Lipinski definition) is 2. The molecule has 0 fully saturated rings. The molecule has 0 radical (unpaired) electrons. The fraction of sp³-hybridized carbons (Fsp3) is 0.609. The van der Waals surface area contributed by atoms with Crippen LogP contribution in [0.3, 0.4) is 0 Å². The Hall–Kier alpha value is -4.38. The number of allylic oxidation sites excluding steroid dienone is 22. The van der Waals surface area contributed by atoms with Gasteiger partial charge in [0.25, 0.3) is 0 Å². The number of unbranched alkanes of at least 4 members (excludes halogenated alkanes) is 13. The van der Waals surface area contributed by atoms with Crippen molar-refractivity contribution in [2.24, 2.45) is 0 Å². The smallest absolute Gasteiger partial charge is 0.462 e. The highest BCUT2D eigenvalue weighted by Gasteiger charge is 2.28. The third kappa shape index (κ3) is 54.4. The Morgan fingerprint density at radius 2 is 0.711 bits per heavy atom. The highest BCUT2D eigenvalue weighted by molar-refractivity contribution is 7.47. The molecular weight excluding hydrogens is 976 g/mol. The van der Waals surface area contributed by atoms with Gasteiger partial charge in [0, 0.05) is 19.3 Å². The molecule has 0 aliphatic carbocycles. The number of phosphoric acid groups is 1. The number of hydrogen-bond acceptors (Lipinski definition) is 10. The Kier molecular flexibility index (Phi) is 53.5. The molecule has 0 aromatic rings. The minimum atomic E-state index is -4.79. The van der Waals surface area contributed by atoms with Gasteiger partial charge in [0.15, 0.2) is 6.10 Å². The largest absolute Gasteiger partial charge is 0.472 e. The number of aliphatic hydroxyl groups is 1. The van der Waals surface area contributed by atoms with E-state index in [2.05, 4.69) is 130 Å². The van der Waals surface area contributed by atoms with Gasteiger partial charge < -0.3 is 24.2 Å². The highest BCUT2D eigenvalue weighted by atomic mass is 31.2. The van der Waals surface area contributed by atoms with Crippen LogP contribution in [0.25, 0.3) is 0 Å². The fourth-order valence-electron chi connectivity index (χ4n) is 7.24. The van der Waals surface area contributed by atoms with Crippen molar-refractivity contribution in [3.8, 4) is 0 Å². The maximum absolute atomic E-state index is 12.9. The summed E-state index contributed by atoms with van der Waals surface area (Å²) in [6, 6.07) is 0. The van der Waals surface area contributed by atoms with Crippen molar-refractivity contribution in [2.45, 2.75) is 226 Å². The van der Waals surface area contributed by atoms with Gasteiger partial charge in [-0.1, -0.05) is 231 Å². The minimum Gasteiger partial charge on any atom is -0.462 e. The van der Waals surface area contributed by atoms with Gasteiger partial charge in [-0.15, -0.1) is 0 Å². The van der Waals surface area contributed by atoms with E-state index in [0.717, 1.165) is 83.5 Å². The number of carbonyl (C=O) groups excluding carboxylic acids is 3. The standard InChI is InChI=1S/C64H103O11P/c1-4-7-10-13-16-19-22-25-27-29-30-32-34-37-40-43-46-49-52-55-64(68)75-61(57-71-62(66)53-50-47-44-41-38-36-33-31-28-26-23-20-17-14-11-8-5-2)59-73-76(69,70)72-58-60(56-65)74-63(67)54-51-48-45-42-39-35-24-21-18-15-12-9-6-3/h7-8,10-11,16-17,19-20,25-28,30,32-33,36-37,40-41,44,46,49,60-61,65H,4-6,9,12-15,18,21-24,29,31,34-35,38-39,42-43,45,47-48,50-59H2,1-3H3,(H,69,70)/b10-7-,11-8-,19-16-,20-17-,27-25-,28-26-,32-30-,36-33-,40-37-,44-41-,49-46-. The summed E-state index contributed by atoms with van der Waals surface area (Å²) >= 11 is 0. The molecule has 0 saturated carbocycles. The second kappa shape index (κ2) is 56.8. The first kappa shape index (κ1) is 71.6. The molecule has 0 aliphatic rings. The van der Waals surface area contributed by atoms with E-state index in [1.165, 1.54) is 57.8 Å². The van der Waals surface area contributed by atoms with E-state index < -0.39 is 64.4 Å². The van der Waals surface area contributed by atoms with Gasteiger partial charge in [-0.05, 0) is 96.3 Å². The number of rotatable bonds is 52. The van der Waals surface area contributed by atoms with Crippen LogP contribution in [0.1, 0.15) is 213 Å². The molecular formula is C64H103O11P. The summed E-state index contributed by atoms with van der Waals surface area (Å²) in [5.74, 6) is -1.65. The molecule has 3 unspecified atom stereocenters. The molecule has 0 amide bonds. The molecule has 0 bridgehead atoms. The maximum Gasteiger partial charge on any atom is 0.472 e. The number of aliphatic hydroxyl groups excluding tert-OH is 1. The van der Waals surface area contributed by atoms with Crippen molar-refractivity contribution in [1.29, 1.82) is 0 Å². The average Bonchev–Trinajstić information content (AvgIpc) is 3.41. The van der Waals surface area contributed by atoms with Gasteiger partial charge in [-0.25, -0.2) is 4.57 Å². The molecule has 76 heavy (non-hydrogen) atoms. The summed E-state index contributed by atoms with van der Waals surface area (Å²) in [7, 11) is -4.79. The molecule has 0 aromatic carbocycles. The fourth-order valence-corrected chi connectivity index (χ4v) is 8.02. The second-order valence-corrected chi connectivity index (χ2v) is 20.1. The van der Waals surface area contributed by atoms with Crippen molar-refractivity contribution in [3.63, 3.8) is 0 Å². The first-order valence-electron chi connectivity index (χ1n) is 29.1. The number of carbonyl (C=O) groups is 3. The van der Waals surface area contributed by atoms with Crippen LogP contribution in [0.15, 0.2) is 134 Å². The molecule has 430 valence electrons. The van der Waals surface area contributed by atoms with Crippen molar-refractivity contribution < 1.29 is 52.2 Å². The Morgan fingerprint density at radius 1 is 0.382 bits per heavy atom. The van der Waals surface area contributed by atoms with Gasteiger partial charge in [0.1, 0.15) is 12.7 Å². The molecule has 2 N–H and O–H groups in total. The predicted octanol–water partition coefficient (Wildman–Crippen LogP) is 17.4. The third-order valence-corrected chi connectivity index (χ3v) is 12.5. The van der Waals surface area contributed by atoms with Gasteiger partial charge in [-0.3, -0.25) is 23.4 Å². The molecule has 0 saturated heterocycles. The Labute approximate surface area is 461 Å². The first-order chi connectivity index (χ1) is 37.2. The Morgan fingerprint density at radius 3 is 1.12 bits per heavy atom. The zero-order valence-electron chi connectivity index (χ0n) is 47.4. The van der Waals surface area contributed by atoms with Crippen molar-refractivity contribution in [1.82, 2.24) is 0 Å². The molecule has 12 heteroatoms. The lowest BCUT2D eigenvalue weighted by Gasteiger charge is -2.21. The third-order valence-electron chi connectivity index (χ3n) is 11.6. The summed E-state index contributed by atoms with van der Waals surface area (Å²) in [6.45, 7) is 4.25. The minimum absolute atomic E-state index is 0.0238. The van der Waals surface area contributed by atoms with E-state index >= 15 is 0 Å². The van der Waals surface area contributed by atoms with Crippen LogP contribution in [-0.2, 0) is 42.2 Å². The normalized spacial score (nSPS) is 14.3. The van der Waals surface area contributed by atoms with Crippen LogP contribution >= 0.6 is 7.82 Å². The summed E-state index contributed by atoms with van der Waals surface area (Å²) in [6.07, 6.45) is 71.5. The summed E-state index contributed by atoms with van der Waals surface area (Å²) in [5, 5.41) is 9.81. The summed E-state index contributed by atoms with van der Waals surface area (Å²) in [5.41, 5.74) is 0. The molecule has 0 aromatic heterocycles. The van der Waals surface area contributed by atoms with Crippen molar-refractivity contribution >= 4 is 25.7 Å². The summed E-state index contributed by atoms with van der Waals surface area (Å²) < 4.78 is 39.4.